The Bertz CT molecular complexity index is 1010. The molecule has 0 unspecified atom stereocenters. The fourth-order valence-corrected chi connectivity index (χ4v) is 5.31. The van der Waals surface area contributed by atoms with E-state index in [-0.39, 0.29) is 24.4 Å². The highest BCUT2D eigenvalue weighted by Gasteiger charge is 2.28. The number of ether oxygens (including phenoxy) is 1. The molecular formula is C22H22N2O4S. The number of fused-ring (bicyclic) bond motifs is 2. The summed E-state index contributed by atoms with van der Waals surface area (Å²) in [4.78, 5) is 33.0. The molecule has 1 saturated heterocycles. The average Bonchev–Trinajstić information content (AvgIpc) is 3.46. The van der Waals surface area contributed by atoms with E-state index in [0.717, 1.165) is 49.1 Å². The van der Waals surface area contributed by atoms with Crippen molar-refractivity contribution in [2.45, 2.75) is 38.0 Å². The van der Waals surface area contributed by atoms with Crippen LogP contribution in [0.1, 0.15) is 51.2 Å². The number of aryl methyl sites for hydroxylation is 2. The van der Waals surface area contributed by atoms with Crippen molar-refractivity contribution in [2.24, 2.45) is 0 Å². The SMILES string of the molecule is O=C(OCC(=O)N1CCC(c2nc3ccccc3o2)CC1)c1cc2c(s1)CCC2. The fraction of sp³-hybridized carbons (Fsp3) is 0.409. The van der Waals surface area contributed by atoms with Gasteiger partial charge in [0.1, 0.15) is 10.4 Å². The van der Waals surface area contributed by atoms with Crippen LogP contribution in [0.2, 0.25) is 0 Å². The molecule has 5 rings (SSSR count). The second kappa shape index (κ2) is 7.63. The van der Waals surface area contributed by atoms with Crippen LogP contribution in [0.4, 0.5) is 0 Å². The van der Waals surface area contributed by atoms with Gasteiger partial charge in [0.15, 0.2) is 18.1 Å². The number of likely N-dealkylation sites (tertiary alicyclic amines) is 1. The average molecular weight is 410 g/mol. The van der Waals surface area contributed by atoms with Gasteiger partial charge < -0.3 is 14.1 Å². The van der Waals surface area contributed by atoms with E-state index in [2.05, 4.69) is 4.98 Å². The first kappa shape index (κ1) is 18.4. The van der Waals surface area contributed by atoms with E-state index >= 15 is 0 Å². The molecule has 1 amide bonds. The van der Waals surface area contributed by atoms with Gasteiger partial charge in [-0.15, -0.1) is 11.3 Å². The number of benzene rings is 1. The van der Waals surface area contributed by atoms with Gasteiger partial charge in [-0.1, -0.05) is 12.1 Å². The Morgan fingerprint density at radius 3 is 2.83 bits per heavy atom. The van der Waals surface area contributed by atoms with Crippen molar-refractivity contribution in [3.63, 3.8) is 0 Å². The third kappa shape index (κ3) is 3.67. The highest BCUT2D eigenvalue weighted by atomic mass is 32.1. The topological polar surface area (TPSA) is 72.6 Å². The second-order valence-electron chi connectivity index (χ2n) is 7.66. The largest absolute Gasteiger partial charge is 0.451 e. The Balaban J connectivity index is 1.13. The molecule has 0 N–H and O–H groups in total. The van der Waals surface area contributed by atoms with E-state index in [1.807, 2.05) is 30.3 Å². The van der Waals surface area contributed by atoms with E-state index < -0.39 is 0 Å². The van der Waals surface area contributed by atoms with Crippen LogP contribution in [-0.4, -0.2) is 41.5 Å². The van der Waals surface area contributed by atoms with Crippen LogP contribution in [0.15, 0.2) is 34.7 Å². The smallest absolute Gasteiger partial charge is 0.348 e. The number of piperidine rings is 1. The normalized spacial score (nSPS) is 16.9. The van der Waals surface area contributed by atoms with Crippen molar-refractivity contribution in [3.8, 4) is 0 Å². The van der Waals surface area contributed by atoms with Crippen molar-refractivity contribution >= 4 is 34.3 Å². The maximum Gasteiger partial charge on any atom is 0.348 e. The van der Waals surface area contributed by atoms with Crippen LogP contribution in [0.5, 0.6) is 0 Å². The van der Waals surface area contributed by atoms with Gasteiger partial charge in [-0.25, -0.2) is 9.78 Å². The molecule has 0 bridgehead atoms. The molecule has 1 aliphatic heterocycles. The monoisotopic (exact) mass is 410 g/mol. The minimum Gasteiger partial charge on any atom is -0.451 e. The summed E-state index contributed by atoms with van der Waals surface area (Å²) in [5.41, 5.74) is 2.93. The number of nitrogens with zero attached hydrogens (tertiary/aromatic N) is 2. The Morgan fingerprint density at radius 1 is 1.21 bits per heavy atom. The van der Waals surface area contributed by atoms with E-state index in [1.165, 1.54) is 21.8 Å². The molecule has 1 fully saturated rings. The minimum atomic E-state index is -0.390. The lowest BCUT2D eigenvalue weighted by atomic mass is 9.97. The van der Waals surface area contributed by atoms with Crippen LogP contribution in [0.3, 0.4) is 0 Å². The number of para-hydroxylation sites is 2. The minimum absolute atomic E-state index is 0.140. The summed E-state index contributed by atoms with van der Waals surface area (Å²) in [6.45, 7) is 1.04. The molecule has 3 heterocycles. The Kier molecular flexibility index (Phi) is 4.83. The van der Waals surface area contributed by atoms with Crippen LogP contribution >= 0.6 is 11.3 Å². The maximum atomic E-state index is 12.5. The third-order valence-electron chi connectivity index (χ3n) is 5.78. The van der Waals surface area contributed by atoms with Gasteiger partial charge in [0.05, 0.1) is 0 Å². The van der Waals surface area contributed by atoms with Gasteiger partial charge in [0.25, 0.3) is 5.91 Å². The fourth-order valence-electron chi connectivity index (χ4n) is 4.16. The van der Waals surface area contributed by atoms with Crippen LogP contribution in [0.25, 0.3) is 11.1 Å². The van der Waals surface area contributed by atoms with Crippen molar-refractivity contribution in [2.75, 3.05) is 19.7 Å². The van der Waals surface area contributed by atoms with Gasteiger partial charge in [-0.3, -0.25) is 4.79 Å². The van der Waals surface area contributed by atoms with E-state index in [1.54, 1.807) is 4.90 Å². The molecule has 2 aromatic heterocycles. The highest BCUT2D eigenvalue weighted by molar-refractivity contribution is 7.14. The molecule has 0 radical (unpaired) electrons. The molecule has 29 heavy (non-hydrogen) atoms. The number of oxazole rings is 1. The summed E-state index contributed by atoms with van der Waals surface area (Å²) in [6, 6.07) is 9.66. The molecule has 6 nitrogen and oxygen atoms in total. The van der Waals surface area contributed by atoms with Crippen LogP contribution in [0, 0.1) is 0 Å². The first-order chi connectivity index (χ1) is 14.2. The number of carbonyl (C=O) groups is 2. The van der Waals surface area contributed by atoms with Crippen molar-refractivity contribution < 1.29 is 18.7 Å². The lowest BCUT2D eigenvalue weighted by Crippen LogP contribution is -2.40. The van der Waals surface area contributed by atoms with E-state index in [9.17, 15) is 9.59 Å². The molecule has 7 heteroatoms. The predicted molar refractivity (Wildman–Crippen MR) is 109 cm³/mol. The third-order valence-corrected chi connectivity index (χ3v) is 7.00. The predicted octanol–water partition coefficient (Wildman–Crippen LogP) is 3.94. The van der Waals surface area contributed by atoms with Crippen molar-refractivity contribution in [1.82, 2.24) is 9.88 Å². The number of hydrogen-bond donors (Lipinski definition) is 0. The number of aromatic nitrogens is 1. The summed E-state index contributed by atoms with van der Waals surface area (Å²) in [5, 5.41) is 0. The number of hydrogen-bond acceptors (Lipinski definition) is 6. The number of amides is 1. The molecular weight excluding hydrogens is 388 g/mol. The molecule has 150 valence electrons. The molecule has 3 aromatic rings. The Morgan fingerprint density at radius 2 is 2.03 bits per heavy atom. The van der Waals surface area contributed by atoms with Gasteiger partial charge in [-0.05, 0) is 55.9 Å². The maximum absolute atomic E-state index is 12.5. The first-order valence-corrected chi connectivity index (χ1v) is 10.9. The van der Waals surface area contributed by atoms with E-state index in [0.29, 0.717) is 18.0 Å². The standard InChI is InChI=1S/C22H22N2O4S/c25-20(13-27-22(26)19-12-15-4-3-7-18(15)29-19)24-10-8-14(9-11-24)21-23-16-5-1-2-6-17(16)28-21/h1-2,5-6,12,14H,3-4,7-11,13H2. The molecule has 0 saturated carbocycles. The van der Waals surface area contributed by atoms with Gasteiger partial charge >= 0.3 is 5.97 Å². The van der Waals surface area contributed by atoms with E-state index in [4.69, 9.17) is 9.15 Å². The van der Waals surface area contributed by atoms with Crippen LogP contribution < -0.4 is 0 Å². The summed E-state index contributed by atoms with van der Waals surface area (Å²) < 4.78 is 11.2. The lowest BCUT2D eigenvalue weighted by Gasteiger charge is -2.30. The highest BCUT2D eigenvalue weighted by Crippen LogP contribution is 2.31. The zero-order chi connectivity index (χ0) is 19.8. The van der Waals surface area contributed by atoms with Crippen LogP contribution in [-0.2, 0) is 22.4 Å². The molecule has 2 aliphatic rings. The molecule has 0 spiro atoms. The summed E-state index contributed by atoms with van der Waals surface area (Å²) >= 11 is 1.50. The number of rotatable bonds is 4. The molecule has 1 aromatic carbocycles. The zero-order valence-electron chi connectivity index (χ0n) is 16.1. The number of thiophene rings is 1. The first-order valence-electron chi connectivity index (χ1n) is 10.1. The zero-order valence-corrected chi connectivity index (χ0v) is 16.9. The Labute approximate surface area is 172 Å². The van der Waals surface area contributed by atoms with Gasteiger partial charge in [0, 0.05) is 23.9 Å². The second-order valence-corrected chi connectivity index (χ2v) is 8.80. The quantitative estimate of drug-likeness (QED) is 0.609. The Hall–Kier alpha value is -2.67. The lowest BCUT2D eigenvalue weighted by molar-refractivity contribution is -0.135. The number of carbonyl (C=O) groups excluding carboxylic acids is 2. The van der Waals surface area contributed by atoms with Gasteiger partial charge in [-0.2, -0.15) is 0 Å². The van der Waals surface area contributed by atoms with Crippen molar-refractivity contribution in [1.29, 1.82) is 0 Å². The summed E-state index contributed by atoms with van der Waals surface area (Å²) in [6.07, 6.45) is 4.83. The summed E-state index contributed by atoms with van der Waals surface area (Å²) in [5.74, 6) is 0.426. The molecule has 0 atom stereocenters. The molecule has 1 aliphatic carbocycles. The van der Waals surface area contributed by atoms with Gasteiger partial charge in [0.2, 0.25) is 0 Å². The number of esters is 1. The summed E-state index contributed by atoms with van der Waals surface area (Å²) in [7, 11) is 0. The van der Waals surface area contributed by atoms with Crippen molar-refractivity contribution in [3.05, 3.63) is 51.5 Å².